The fraction of sp³-hybridized carbons (Fsp3) is 0.867. The lowest BCUT2D eigenvalue weighted by Crippen LogP contribution is -2.41. The van der Waals surface area contributed by atoms with Gasteiger partial charge in [0.05, 0.1) is 0 Å². The summed E-state index contributed by atoms with van der Waals surface area (Å²) in [5, 5.41) is 2.83. The topological polar surface area (TPSA) is 67.9 Å². The van der Waals surface area contributed by atoms with E-state index in [9.17, 15) is 9.59 Å². The van der Waals surface area contributed by atoms with Crippen LogP contribution in [0.5, 0.6) is 0 Å². The summed E-state index contributed by atoms with van der Waals surface area (Å²) in [6.45, 7) is 10.8. The molecule has 122 valence electrons. The number of amides is 1. The zero-order chi connectivity index (χ0) is 15.9. The van der Waals surface area contributed by atoms with E-state index in [1.165, 1.54) is 6.92 Å². The summed E-state index contributed by atoms with van der Waals surface area (Å²) in [4.78, 5) is 24.6. The van der Waals surface area contributed by atoms with E-state index in [1.807, 2.05) is 20.8 Å². The second kappa shape index (κ2) is 8.22. The second-order valence-corrected chi connectivity index (χ2v) is 6.51. The highest BCUT2D eigenvalue weighted by molar-refractivity contribution is 5.67. The average Bonchev–Trinajstić information content (AvgIpc) is 2.35. The van der Waals surface area contributed by atoms with Crippen molar-refractivity contribution >= 4 is 12.1 Å². The normalized spacial score (nSPS) is 17.3. The predicted molar refractivity (Wildman–Crippen MR) is 80.0 cm³/mol. The molecule has 21 heavy (non-hydrogen) atoms. The minimum Gasteiger partial charge on any atom is -0.465 e. The first-order chi connectivity index (χ1) is 9.76. The Balaban J connectivity index is 2.13. The Morgan fingerprint density at radius 2 is 1.86 bits per heavy atom. The number of nitrogens with one attached hydrogen (secondary N) is 1. The average molecular weight is 300 g/mol. The van der Waals surface area contributed by atoms with Crippen molar-refractivity contribution in [3.05, 3.63) is 0 Å². The van der Waals surface area contributed by atoms with Crippen molar-refractivity contribution in [3.8, 4) is 0 Å². The van der Waals surface area contributed by atoms with Gasteiger partial charge in [0.25, 0.3) is 0 Å². The molecule has 0 spiro atoms. The Kier molecular flexibility index (Phi) is 6.95. The molecular formula is C15H28N2O4. The summed E-state index contributed by atoms with van der Waals surface area (Å²) in [7, 11) is 0. The van der Waals surface area contributed by atoms with Crippen LogP contribution in [0.15, 0.2) is 0 Å². The van der Waals surface area contributed by atoms with Crippen molar-refractivity contribution < 1.29 is 19.1 Å². The monoisotopic (exact) mass is 300 g/mol. The molecule has 0 aromatic carbocycles. The van der Waals surface area contributed by atoms with Crippen LogP contribution in [0.4, 0.5) is 4.79 Å². The summed E-state index contributed by atoms with van der Waals surface area (Å²) < 4.78 is 10.2. The maximum absolute atomic E-state index is 11.6. The lowest BCUT2D eigenvalue weighted by atomic mass is 9.97. The van der Waals surface area contributed by atoms with Crippen molar-refractivity contribution in [1.29, 1.82) is 0 Å². The van der Waals surface area contributed by atoms with E-state index in [4.69, 9.17) is 9.47 Å². The largest absolute Gasteiger partial charge is 0.465 e. The van der Waals surface area contributed by atoms with Crippen LogP contribution in [0.2, 0.25) is 0 Å². The zero-order valence-corrected chi connectivity index (χ0v) is 13.6. The van der Waals surface area contributed by atoms with Gasteiger partial charge in [-0.2, -0.15) is 0 Å². The van der Waals surface area contributed by atoms with Crippen molar-refractivity contribution in [3.63, 3.8) is 0 Å². The summed E-state index contributed by atoms with van der Waals surface area (Å²) in [6, 6.07) is 0. The van der Waals surface area contributed by atoms with Crippen molar-refractivity contribution in [2.45, 2.75) is 46.1 Å². The van der Waals surface area contributed by atoms with Gasteiger partial charge in [-0.05, 0) is 52.6 Å². The molecule has 0 aromatic rings. The molecule has 0 aliphatic carbocycles. The third kappa shape index (κ3) is 8.55. The molecule has 1 heterocycles. The van der Waals surface area contributed by atoms with Gasteiger partial charge in [0.15, 0.2) is 0 Å². The van der Waals surface area contributed by atoms with Crippen molar-refractivity contribution in [2.75, 3.05) is 32.8 Å². The molecule has 0 unspecified atom stereocenters. The molecule has 6 nitrogen and oxygen atoms in total. The number of esters is 1. The molecule has 6 heteroatoms. The van der Waals surface area contributed by atoms with E-state index >= 15 is 0 Å². The molecule has 1 amide bonds. The Morgan fingerprint density at radius 1 is 1.24 bits per heavy atom. The predicted octanol–water partition coefficient (Wildman–Crippen LogP) is 1.79. The standard InChI is InChI=1S/C15H28N2O4/c1-12(18)20-10-9-17-7-5-13(6-8-17)11-16-14(19)21-15(2,3)4/h13H,5-11H2,1-4H3,(H,16,19). The smallest absolute Gasteiger partial charge is 0.407 e. The Morgan fingerprint density at radius 3 is 2.38 bits per heavy atom. The quantitative estimate of drug-likeness (QED) is 0.784. The number of piperidine rings is 1. The second-order valence-electron chi connectivity index (χ2n) is 6.51. The van der Waals surface area contributed by atoms with E-state index in [1.54, 1.807) is 0 Å². The molecule has 1 N–H and O–H groups in total. The fourth-order valence-electron chi connectivity index (χ4n) is 2.27. The summed E-state index contributed by atoms with van der Waals surface area (Å²) in [5.74, 6) is 0.258. The van der Waals surface area contributed by atoms with Crippen molar-refractivity contribution in [1.82, 2.24) is 10.2 Å². The minimum absolute atomic E-state index is 0.230. The highest BCUT2D eigenvalue weighted by Gasteiger charge is 2.21. The lowest BCUT2D eigenvalue weighted by molar-refractivity contribution is -0.141. The van der Waals surface area contributed by atoms with Crippen LogP contribution in [-0.4, -0.2) is 55.3 Å². The molecule has 0 aromatic heterocycles. The third-order valence-electron chi connectivity index (χ3n) is 3.35. The number of carbonyl (C=O) groups is 2. The Bertz CT molecular complexity index is 344. The van der Waals surface area contributed by atoms with Crippen LogP contribution in [0, 0.1) is 5.92 Å². The first-order valence-electron chi connectivity index (χ1n) is 7.59. The summed E-state index contributed by atoms with van der Waals surface area (Å²) in [6.07, 6.45) is 1.73. The molecule has 1 aliphatic rings. The molecule has 0 atom stereocenters. The minimum atomic E-state index is -0.454. The molecule has 0 bridgehead atoms. The first kappa shape index (κ1) is 17.8. The number of nitrogens with zero attached hydrogens (tertiary/aromatic N) is 1. The molecule has 1 aliphatic heterocycles. The van der Waals surface area contributed by atoms with Crippen LogP contribution >= 0.6 is 0 Å². The molecule has 1 fully saturated rings. The molecule has 1 rings (SSSR count). The SMILES string of the molecule is CC(=O)OCCN1CCC(CNC(=O)OC(C)(C)C)CC1. The van der Waals surface area contributed by atoms with E-state index in [0.717, 1.165) is 32.5 Å². The fourth-order valence-corrected chi connectivity index (χ4v) is 2.27. The van der Waals surface area contributed by atoms with Gasteiger partial charge in [0.2, 0.25) is 0 Å². The van der Waals surface area contributed by atoms with Gasteiger partial charge in [0, 0.05) is 20.0 Å². The number of likely N-dealkylation sites (tertiary alicyclic amines) is 1. The highest BCUT2D eigenvalue weighted by atomic mass is 16.6. The molecule has 1 saturated heterocycles. The maximum atomic E-state index is 11.6. The number of hydrogen-bond donors (Lipinski definition) is 1. The van der Waals surface area contributed by atoms with Gasteiger partial charge in [-0.15, -0.1) is 0 Å². The van der Waals surface area contributed by atoms with Gasteiger partial charge in [-0.25, -0.2) is 4.79 Å². The number of rotatable bonds is 5. The van der Waals surface area contributed by atoms with E-state index < -0.39 is 5.60 Å². The maximum Gasteiger partial charge on any atom is 0.407 e. The molecule has 0 radical (unpaired) electrons. The van der Waals surface area contributed by atoms with Gasteiger partial charge in [-0.3, -0.25) is 9.69 Å². The van der Waals surface area contributed by atoms with Crippen LogP contribution in [0.3, 0.4) is 0 Å². The van der Waals surface area contributed by atoms with E-state index in [0.29, 0.717) is 19.1 Å². The van der Waals surface area contributed by atoms with Crippen LogP contribution in [0.25, 0.3) is 0 Å². The molecule has 0 saturated carbocycles. The highest BCUT2D eigenvalue weighted by Crippen LogP contribution is 2.16. The van der Waals surface area contributed by atoms with Crippen LogP contribution < -0.4 is 5.32 Å². The van der Waals surface area contributed by atoms with Gasteiger partial charge >= 0.3 is 12.1 Å². The van der Waals surface area contributed by atoms with Gasteiger partial charge < -0.3 is 14.8 Å². The first-order valence-corrected chi connectivity index (χ1v) is 7.59. The number of carbonyl (C=O) groups excluding carboxylic acids is 2. The third-order valence-corrected chi connectivity index (χ3v) is 3.35. The molecular weight excluding hydrogens is 272 g/mol. The van der Waals surface area contributed by atoms with Crippen LogP contribution in [0.1, 0.15) is 40.5 Å². The zero-order valence-electron chi connectivity index (χ0n) is 13.6. The van der Waals surface area contributed by atoms with Gasteiger partial charge in [0.1, 0.15) is 12.2 Å². The van der Waals surface area contributed by atoms with Crippen LogP contribution in [-0.2, 0) is 14.3 Å². The van der Waals surface area contributed by atoms with E-state index in [-0.39, 0.29) is 12.1 Å². The number of ether oxygens (including phenoxy) is 2. The van der Waals surface area contributed by atoms with Crippen molar-refractivity contribution in [2.24, 2.45) is 5.92 Å². The Hall–Kier alpha value is -1.30. The summed E-state index contributed by atoms with van der Waals surface area (Å²) >= 11 is 0. The lowest BCUT2D eigenvalue weighted by Gasteiger charge is -2.31. The number of hydrogen-bond acceptors (Lipinski definition) is 5. The summed E-state index contributed by atoms with van der Waals surface area (Å²) in [5.41, 5.74) is -0.454. The van der Waals surface area contributed by atoms with Gasteiger partial charge in [-0.1, -0.05) is 0 Å². The van der Waals surface area contributed by atoms with E-state index in [2.05, 4.69) is 10.2 Å². The Labute approximate surface area is 127 Å². The number of alkyl carbamates (subject to hydrolysis) is 1.